The van der Waals surface area contributed by atoms with Crippen molar-refractivity contribution in [3.05, 3.63) is 490 Å². The van der Waals surface area contributed by atoms with E-state index in [0.717, 1.165) is 32.9 Å². The highest BCUT2D eigenvalue weighted by atomic mass is 79.9. The highest BCUT2D eigenvalue weighted by Crippen LogP contribution is 2.52. The Morgan fingerprint density at radius 3 is 0.776 bits per heavy atom. The van der Waals surface area contributed by atoms with Crippen LogP contribution < -0.4 is 10.2 Å². The number of rotatable bonds is 11. The fourth-order valence-corrected chi connectivity index (χ4v) is 19.2. The summed E-state index contributed by atoms with van der Waals surface area (Å²) in [5.74, 6) is 0. The first kappa shape index (κ1) is 75.3. The van der Waals surface area contributed by atoms with Crippen molar-refractivity contribution in [3.63, 3.8) is 0 Å². The lowest BCUT2D eigenvalue weighted by atomic mass is 9.81. The summed E-state index contributed by atoms with van der Waals surface area (Å²) in [4.78, 5) is 2.40. The van der Waals surface area contributed by atoms with Crippen molar-refractivity contribution in [3.8, 4) is 145 Å². The second kappa shape index (κ2) is 32.9. The maximum absolute atomic E-state index is 3.66. The zero-order chi connectivity index (χ0) is 83.1. The molecule has 20 aromatic carbocycles. The third-order valence-corrected chi connectivity index (χ3v) is 25.2. The van der Waals surface area contributed by atoms with Gasteiger partial charge < -0.3 is 19.4 Å². The fourth-order valence-electron chi connectivity index (χ4n) is 18.8. The summed E-state index contributed by atoms with van der Waals surface area (Å²) >= 11 is 3.66. The van der Waals surface area contributed by atoms with Gasteiger partial charge in [0.1, 0.15) is 0 Å². The predicted molar refractivity (Wildman–Crippen MR) is 532 cm³/mol. The molecule has 5 heteroatoms. The van der Waals surface area contributed by atoms with Gasteiger partial charge in [-0.3, -0.25) is 0 Å². The predicted octanol–water partition coefficient (Wildman–Crippen LogP) is 33.9. The SMILES string of the molecule is Brc1ccc2c(c1)-c1ccccc1-c1ccccc1-c1ccccc1-2.c1ccc(-c2ccc(N(c3ccc(-c4ccc5c(c4)c4ccccc4n5-c4ccccc4)cc3)c3ccc4c(c3)-c3ccccc3-c3ccccc3-c3ccccc3-4)cc2)cc1.c1ccc(-c2ccc(Nc3ccc(-c4ccc5c(c4)c4ccccc4n5-c4ccccc4)cc3)cc2)cc1. The highest BCUT2D eigenvalue weighted by Gasteiger charge is 2.26. The van der Waals surface area contributed by atoms with E-state index in [1.165, 1.54) is 189 Å². The standard InChI is InChI=1S/C60H40N2.C36H26N2.C24H15Br/c1-3-15-41(16-4-1)42-27-32-46(33-28-42)61(48-36-37-55-53-23-10-9-21-51(53)49-19-7-8-20-50(49)52-22-11-12-24-54(52)57(55)40-48)47-34-29-43(30-35-47)44-31-38-60-58(39-44)56-25-13-14-26-59(56)62(60)45-17-5-2-6-18-45;1-3-9-26(10-4-1)27-15-20-30(21-16-27)37-31-22-17-28(18-23-31)29-19-24-36-34(25-29)33-13-7-8-14-35(33)38(36)32-11-5-2-6-12-32;25-16-13-14-23-21-11-4-3-9-19(21)17-7-1-2-8-18(17)20-10-5-6-12-22(20)24(23)15-16/h1-40H;1-25,37H;1-15H. The molecule has 0 radical (unpaired) electrons. The minimum Gasteiger partial charge on any atom is -0.356 e. The molecular formula is C120H81BrN4. The van der Waals surface area contributed by atoms with E-state index in [-0.39, 0.29) is 0 Å². The van der Waals surface area contributed by atoms with Crippen LogP contribution in [-0.4, -0.2) is 9.13 Å². The molecule has 0 amide bonds. The first-order chi connectivity index (χ1) is 61.9. The van der Waals surface area contributed by atoms with Gasteiger partial charge in [0.15, 0.2) is 0 Å². The molecule has 0 atom stereocenters. The molecule has 0 spiro atoms. The molecule has 2 heterocycles. The lowest BCUT2D eigenvalue weighted by Crippen LogP contribution is -2.10. The number of fused-ring (bicyclic) bond motifs is 22. The number of hydrogen-bond acceptors (Lipinski definition) is 2. The van der Waals surface area contributed by atoms with Crippen LogP contribution in [0.2, 0.25) is 0 Å². The monoisotopic (exact) mass is 1660 g/mol. The van der Waals surface area contributed by atoms with Crippen molar-refractivity contribution in [1.82, 2.24) is 9.13 Å². The highest BCUT2D eigenvalue weighted by molar-refractivity contribution is 9.10. The molecule has 2 aromatic heterocycles. The molecule has 24 rings (SSSR count). The van der Waals surface area contributed by atoms with Crippen LogP contribution in [0, 0.1) is 0 Å². The van der Waals surface area contributed by atoms with Crippen LogP contribution in [0.3, 0.4) is 0 Å². The van der Waals surface area contributed by atoms with Crippen LogP contribution in [0.25, 0.3) is 189 Å². The van der Waals surface area contributed by atoms with Gasteiger partial charge >= 0.3 is 0 Å². The van der Waals surface area contributed by atoms with E-state index in [1.807, 2.05) is 6.07 Å². The lowest BCUT2D eigenvalue weighted by Gasteiger charge is -2.28. The summed E-state index contributed by atoms with van der Waals surface area (Å²) in [5, 5.41) is 8.57. The van der Waals surface area contributed by atoms with E-state index in [2.05, 4.69) is 515 Å². The molecule has 125 heavy (non-hydrogen) atoms. The number of halogens is 1. The molecule has 2 aliphatic rings. The van der Waals surface area contributed by atoms with Crippen molar-refractivity contribution < 1.29 is 0 Å². The number of para-hydroxylation sites is 4. The van der Waals surface area contributed by atoms with Crippen LogP contribution in [0.5, 0.6) is 0 Å². The van der Waals surface area contributed by atoms with Crippen molar-refractivity contribution in [1.29, 1.82) is 0 Å². The third-order valence-electron chi connectivity index (χ3n) is 24.7. The number of benzene rings is 20. The fraction of sp³-hybridized carbons (Fsp3) is 0. The van der Waals surface area contributed by atoms with Crippen LogP contribution >= 0.6 is 15.9 Å². The minimum atomic E-state index is 1.07. The van der Waals surface area contributed by atoms with Gasteiger partial charge in [0.2, 0.25) is 0 Å². The van der Waals surface area contributed by atoms with Gasteiger partial charge in [-0.2, -0.15) is 0 Å². The summed E-state index contributed by atoms with van der Waals surface area (Å²) in [5.41, 5.74) is 42.4. The maximum Gasteiger partial charge on any atom is 0.0541 e. The van der Waals surface area contributed by atoms with E-state index < -0.39 is 0 Å². The normalized spacial score (nSPS) is 11.4. The van der Waals surface area contributed by atoms with Gasteiger partial charge in [-0.25, -0.2) is 0 Å². The molecule has 1 N–H and O–H groups in total. The summed E-state index contributed by atoms with van der Waals surface area (Å²) in [6.07, 6.45) is 0. The number of aromatic nitrogens is 2. The van der Waals surface area contributed by atoms with Crippen LogP contribution in [0.15, 0.2) is 490 Å². The lowest BCUT2D eigenvalue weighted by molar-refractivity contribution is 1.18. The van der Waals surface area contributed by atoms with Crippen molar-refractivity contribution in [2.24, 2.45) is 0 Å². The average Bonchev–Trinajstić information content (AvgIpc) is 1.72. The van der Waals surface area contributed by atoms with Gasteiger partial charge in [-0.1, -0.05) is 368 Å². The quantitative estimate of drug-likeness (QED) is 0.140. The van der Waals surface area contributed by atoms with Gasteiger partial charge in [0.25, 0.3) is 0 Å². The molecule has 0 saturated heterocycles. The Labute approximate surface area is 736 Å². The number of anilines is 5. The van der Waals surface area contributed by atoms with E-state index >= 15 is 0 Å². The van der Waals surface area contributed by atoms with E-state index in [4.69, 9.17) is 0 Å². The molecule has 0 unspecified atom stereocenters. The molecule has 4 nitrogen and oxygen atoms in total. The Balaban J connectivity index is 0.000000124. The molecular weight excluding hydrogens is 1580 g/mol. The number of nitrogens with zero attached hydrogens (tertiary/aromatic N) is 3. The molecule has 0 fully saturated rings. The first-order valence-corrected chi connectivity index (χ1v) is 43.5. The molecule has 0 saturated carbocycles. The number of hydrogen-bond donors (Lipinski definition) is 1. The summed E-state index contributed by atoms with van der Waals surface area (Å²) in [7, 11) is 0. The number of nitrogens with one attached hydrogen (secondary N) is 1. The smallest absolute Gasteiger partial charge is 0.0541 e. The Hall–Kier alpha value is -15.9. The van der Waals surface area contributed by atoms with Crippen LogP contribution in [-0.2, 0) is 0 Å². The van der Waals surface area contributed by atoms with E-state index in [9.17, 15) is 0 Å². The minimum absolute atomic E-state index is 1.07. The zero-order valence-corrected chi connectivity index (χ0v) is 70.0. The largest absolute Gasteiger partial charge is 0.356 e. The topological polar surface area (TPSA) is 25.1 Å². The average molecular weight is 1660 g/mol. The Morgan fingerprint density at radius 2 is 0.416 bits per heavy atom. The molecule has 588 valence electrons. The van der Waals surface area contributed by atoms with Crippen LogP contribution in [0.4, 0.5) is 28.4 Å². The molecule has 0 bridgehead atoms. The first-order valence-electron chi connectivity index (χ1n) is 42.7. The Bertz CT molecular complexity index is 7750. The maximum atomic E-state index is 3.66. The Morgan fingerprint density at radius 1 is 0.168 bits per heavy atom. The Kier molecular flexibility index (Phi) is 19.8. The van der Waals surface area contributed by atoms with Gasteiger partial charge in [-0.15, -0.1) is 0 Å². The van der Waals surface area contributed by atoms with Gasteiger partial charge in [-0.05, 0) is 267 Å². The third kappa shape index (κ3) is 14.3. The van der Waals surface area contributed by atoms with Crippen molar-refractivity contribution >= 4 is 88.0 Å². The van der Waals surface area contributed by atoms with E-state index in [1.54, 1.807) is 0 Å². The van der Waals surface area contributed by atoms with Gasteiger partial charge in [0, 0.05) is 65.8 Å². The summed E-state index contributed by atoms with van der Waals surface area (Å²) < 4.78 is 5.83. The molecule has 22 aromatic rings. The van der Waals surface area contributed by atoms with Crippen molar-refractivity contribution in [2.75, 3.05) is 10.2 Å². The van der Waals surface area contributed by atoms with Gasteiger partial charge in [0.05, 0.1) is 22.1 Å². The van der Waals surface area contributed by atoms with Crippen molar-refractivity contribution in [2.45, 2.75) is 0 Å². The summed E-state index contributed by atoms with van der Waals surface area (Å²) in [6.45, 7) is 0. The zero-order valence-electron chi connectivity index (χ0n) is 68.4. The molecule has 0 aliphatic heterocycles. The second-order valence-corrected chi connectivity index (χ2v) is 32.9. The summed E-state index contributed by atoms with van der Waals surface area (Å²) in [6, 6.07) is 175. The molecule has 2 aliphatic carbocycles. The van der Waals surface area contributed by atoms with Crippen LogP contribution in [0.1, 0.15) is 0 Å². The van der Waals surface area contributed by atoms with E-state index in [0.29, 0.717) is 0 Å². The second-order valence-electron chi connectivity index (χ2n) is 32.0.